The van der Waals surface area contributed by atoms with Crippen molar-refractivity contribution in [3.05, 3.63) is 51.7 Å². The summed E-state index contributed by atoms with van der Waals surface area (Å²) in [5.74, 6) is -1.62. The molecule has 0 saturated carbocycles. The second kappa shape index (κ2) is 10.9. The van der Waals surface area contributed by atoms with Crippen LogP contribution in [0.1, 0.15) is 59.5 Å². The maximum Gasteiger partial charge on any atom is 0.281 e. The fourth-order valence-corrected chi connectivity index (χ4v) is 4.34. The smallest absolute Gasteiger partial charge is 0.281 e. The Morgan fingerprint density at radius 1 is 1.11 bits per heavy atom. The molecule has 1 aromatic heterocycles. The van der Waals surface area contributed by atoms with Crippen molar-refractivity contribution in [2.24, 2.45) is 16.1 Å². The van der Waals surface area contributed by atoms with Gasteiger partial charge in [-0.1, -0.05) is 32.9 Å². The van der Waals surface area contributed by atoms with Crippen LogP contribution < -0.4 is 15.8 Å². The topological polar surface area (TPSA) is 112 Å². The zero-order valence-electron chi connectivity index (χ0n) is 20.8. The standard InChI is InChI=1S/C25H31N5O4S/c1-15(27-28-23(32)20-12-11-19(35-20)22(31)26-13-14-34-6)21-16(2)29-30(24(21)33)18-9-7-17(8-10-18)25(3,4)5/h7-12,21H,13-14H2,1-6H3,(H,26,31)(H,28,32)/b27-15+. The molecule has 3 amide bonds. The molecule has 0 saturated heterocycles. The lowest BCUT2D eigenvalue weighted by molar-refractivity contribution is -0.118. The number of rotatable bonds is 8. The second-order valence-electron chi connectivity index (χ2n) is 9.23. The van der Waals surface area contributed by atoms with E-state index in [1.165, 1.54) is 5.01 Å². The van der Waals surface area contributed by atoms with Gasteiger partial charge in [0, 0.05) is 13.7 Å². The van der Waals surface area contributed by atoms with E-state index in [-0.39, 0.29) is 17.2 Å². The average molecular weight is 498 g/mol. The SMILES string of the molecule is COCCNC(=O)c1ccc(C(=O)N/N=C(\C)C2C(=O)N(c3ccc(C(C)(C)C)cc3)N=C2C)s1. The van der Waals surface area contributed by atoms with Crippen LogP contribution in [-0.4, -0.2) is 49.4 Å². The Balaban J connectivity index is 1.65. The van der Waals surface area contributed by atoms with E-state index in [4.69, 9.17) is 4.74 Å². The van der Waals surface area contributed by atoms with Crippen molar-refractivity contribution < 1.29 is 19.1 Å². The number of nitrogens with one attached hydrogen (secondary N) is 2. The molecule has 186 valence electrons. The lowest BCUT2D eigenvalue weighted by Gasteiger charge is -2.20. The van der Waals surface area contributed by atoms with Crippen LogP contribution in [0.4, 0.5) is 5.69 Å². The van der Waals surface area contributed by atoms with Crippen LogP contribution >= 0.6 is 11.3 Å². The van der Waals surface area contributed by atoms with Crippen molar-refractivity contribution in [3.63, 3.8) is 0 Å². The molecule has 1 atom stereocenters. The highest BCUT2D eigenvalue weighted by Crippen LogP contribution is 2.28. The Hall–Kier alpha value is -3.37. The normalized spacial score (nSPS) is 16.3. The van der Waals surface area contributed by atoms with Gasteiger partial charge in [-0.25, -0.2) is 5.43 Å². The third kappa shape index (κ3) is 6.20. The molecule has 3 rings (SSSR count). The average Bonchev–Trinajstić information content (AvgIpc) is 3.42. The highest BCUT2D eigenvalue weighted by atomic mass is 32.1. The number of benzene rings is 1. The number of carbonyl (C=O) groups is 3. The maximum atomic E-state index is 13.1. The first-order chi connectivity index (χ1) is 16.5. The van der Waals surface area contributed by atoms with E-state index < -0.39 is 11.8 Å². The van der Waals surface area contributed by atoms with Crippen molar-refractivity contribution >= 4 is 46.2 Å². The van der Waals surface area contributed by atoms with Crippen molar-refractivity contribution in [3.8, 4) is 0 Å². The first-order valence-corrected chi connectivity index (χ1v) is 12.1. The van der Waals surface area contributed by atoms with Crippen molar-refractivity contribution in [1.82, 2.24) is 10.7 Å². The largest absolute Gasteiger partial charge is 0.383 e. The van der Waals surface area contributed by atoms with Gasteiger partial charge in [0.2, 0.25) is 0 Å². The minimum atomic E-state index is -0.664. The summed E-state index contributed by atoms with van der Waals surface area (Å²) in [6.07, 6.45) is 0. The highest BCUT2D eigenvalue weighted by Gasteiger charge is 2.36. The number of nitrogens with zero attached hydrogens (tertiary/aromatic N) is 3. The number of methoxy groups -OCH3 is 1. The van der Waals surface area contributed by atoms with Crippen LogP contribution in [-0.2, 0) is 14.9 Å². The zero-order chi connectivity index (χ0) is 25.8. The molecule has 1 unspecified atom stereocenters. The quantitative estimate of drug-likeness (QED) is 0.330. The molecule has 2 heterocycles. The number of thiophene rings is 1. The van der Waals surface area contributed by atoms with Crippen molar-refractivity contribution in [1.29, 1.82) is 0 Å². The maximum absolute atomic E-state index is 13.1. The predicted octanol–water partition coefficient (Wildman–Crippen LogP) is 3.57. The molecule has 0 bridgehead atoms. The lowest BCUT2D eigenvalue weighted by Crippen LogP contribution is -2.33. The van der Waals surface area contributed by atoms with Crippen molar-refractivity contribution in [2.45, 2.75) is 40.0 Å². The van der Waals surface area contributed by atoms with Gasteiger partial charge in [-0.15, -0.1) is 11.3 Å². The van der Waals surface area contributed by atoms with Crippen LogP contribution in [0.3, 0.4) is 0 Å². The number of ether oxygens (including phenoxy) is 1. The van der Waals surface area contributed by atoms with Gasteiger partial charge in [0.25, 0.3) is 17.7 Å². The van der Waals surface area contributed by atoms with Crippen LogP contribution in [0.25, 0.3) is 0 Å². The molecule has 35 heavy (non-hydrogen) atoms. The van der Waals surface area contributed by atoms with Gasteiger partial charge in [0.05, 0.1) is 33.5 Å². The molecular weight excluding hydrogens is 466 g/mol. The Morgan fingerprint density at radius 2 is 1.74 bits per heavy atom. The highest BCUT2D eigenvalue weighted by molar-refractivity contribution is 7.15. The Bertz CT molecular complexity index is 1160. The summed E-state index contributed by atoms with van der Waals surface area (Å²) in [6.45, 7) is 10.6. The van der Waals surface area contributed by atoms with E-state index in [0.29, 0.717) is 40.0 Å². The third-order valence-corrected chi connectivity index (χ3v) is 6.59. The molecule has 0 radical (unpaired) electrons. The fourth-order valence-electron chi connectivity index (χ4n) is 3.53. The van der Waals surface area contributed by atoms with Crippen LogP contribution in [0.15, 0.2) is 46.6 Å². The van der Waals surface area contributed by atoms with E-state index in [0.717, 1.165) is 16.9 Å². The molecule has 0 aliphatic carbocycles. The number of hydrogen-bond acceptors (Lipinski definition) is 7. The summed E-state index contributed by atoms with van der Waals surface area (Å²) in [5, 5.41) is 12.7. The Labute approximate surface area is 209 Å². The molecule has 1 aromatic carbocycles. The van der Waals surface area contributed by atoms with Gasteiger partial charge in [-0.3, -0.25) is 14.4 Å². The number of anilines is 1. The summed E-state index contributed by atoms with van der Waals surface area (Å²) in [4.78, 5) is 38.5. The lowest BCUT2D eigenvalue weighted by atomic mass is 9.87. The van der Waals surface area contributed by atoms with Crippen molar-refractivity contribution in [2.75, 3.05) is 25.3 Å². The fraction of sp³-hybridized carbons (Fsp3) is 0.400. The molecule has 9 nitrogen and oxygen atoms in total. The van der Waals surface area contributed by atoms with Crippen LogP contribution in [0.2, 0.25) is 0 Å². The van der Waals surface area contributed by atoms with Gasteiger partial charge in [0.1, 0.15) is 5.92 Å². The Morgan fingerprint density at radius 3 is 2.34 bits per heavy atom. The molecule has 2 aromatic rings. The van der Waals surface area contributed by atoms with E-state index in [9.17, 15) is 14.4 Å². The van der Waals surface area contributed by atoms with Gasteiger partial charge >= 0.3 is 0 Å². The van der Waals surface area contributed by atoms with Crippen LogP contribution in [0, 0.1) is 5.92 Å². The Kier molecular flexibility index (Phi) is 8.18. The predicted molar refractivity (Wildman–Crippen MR) is 138 cm³/mol. The minimum Gasteiger partial charge on any atom is -0.383 e. The molecule has 0 fully saturated rings. The van der Waals surface area contributed by atoms with E-state index in [1.54, 1.807) is 33.1 Å². The zero-order valence-corrected chi connectivity index (χ0v) is 21.7. The molecule has 1 aliphatic heterocycles. The number of hydrogen-bond donors (Lipinski definition) is 2. The molecule has 2 N–H and O–H groups in total. The molecule has 0 spiro atoms. The first kappa shape index (κ1) is 26.2. The number of hydrazone groups is 2. The molecular formula is C25H31N5O4S. The summed E-state index contributed by atoms with van der Waals surface area (Å²) in [5.41, 5.74) is 5.35. The molecule has 10 heteroatoms. The van der Waals surface area contributed by atoms with E-state index >= 15 is 0 Å². The minimum absolute atomic E-state index is 0.00780. The van der Waals surface area contributed by atoms with E-state index in [2.05, 4.69) is 41.7 Å². The summed E-state index contributed by atoms with van der Waals surface area (Å²) in [6, 6.07) is 10.9. The summed E-state index contributed by atoms with van der Waals surface area (Å²) in [7, 11) is 1.55. The number of amides is 3. The van der Waals surface area contributed by atoms with Gasteiger partial charge in [-0.2, -0.15) is 15.2 Å². The van der Waals surface area contributed by atoms with E-state index in [1.807, 2.05) is 24.3 Å². The van der Waals surface area contributed by atoms with Gasteiger partial charge in [-0.05, 0) is 49.1 Å². The summed E-state index contributed by atoms with van der Waals surface area (Å²) < 4.78 is 4.91. The van der Waals surface area contributed by atoms with Crippen LogP contribution in [0.5, 0.6) is 0 Å². The second-order valence-corrected chi connectivity index (χ2v) is 10.3. The summed E-state index contributed by atoms with van der Waals surface area (Å²) >= 11 is 1.06. The number of carbonyl (C=O) groups excluding carboxylic acids is 3. The first-order valence-electron chi connectivity index (χ1n) is 11.2. The monoisotopic (exact) mass is 497 g/mol. The van der Waals surface area contributed by atoms with Gasteiger partial charge < -0.3 is 10.1 Å². The van der Waals surface area contributed by atoms with Gasteiger partial charge in [0.15, 0.2) is 0 Å². The third-order valence-electron chi connectivity index (χ3n) is 5.51. The molecule has 1 aliphatic rings.